The van der Waals surface area contributed by atoms with Crippen LogP contribution >= 0.6 is 23.2 Å². The number of hydrogen-bond acceptors (Lipinski definition) is 5. The molecule has 0 saturated carbocycles. The first-order valence-electron chi connectivity index (χ1n) is 8.07. The number of hydrogen-bond donors (Lipinski definition) is 0. The maximum absolute atomic E-state index is 12.4. The standard InChI is InChI=1S/C19H13Cl2N3O3/c20-14-4-3-12(6-15(14)21)10-24-11-13(9-22-24)7-17(25)16-8-19(27-23-16)18-2-1-5-26-18/h1-6,8-9,11H,7,10H2. The van der Waals surface area contributed by atoms with E-state index >= 15 is 0 Å². The molecule has 1 aromatic carbocycles. The monoisotopic (exact) mass is 401 g/mol. The second-order valence-electron chi connectivity index (χ2n) is 5.95. The van der Waals surface area contributed by atoms with Gasteiger partial charge in [0.05, 0.1) is 29.1 Å². The second-order valence-corrected chi connectivity index (χ2v) is 6.76. The number of aromatic nitrogens is 3. The summed E-state index contributed by atoms with van der Waals surface area (Å²) in [5, 5.41) is 9.11. The minimum absolute atomic E-state index is 0.161. The topological polar surface area (TPSA) is 74.1 Å². The highest BCUT2D eigenvalue weighted by molar-refractivity contribution is 6.42. The first-order chi connectivity index (χ1) is 13.1. The molecule has 0 amide bonds. The molecule has 0 aliphatic carbocycles. The lowest BCUT2D eigenvalue weighted by Gasteiger charge is -2.03. The second kappa shape index (κ2) is 7.42. The maximum Gasteiger partial charge on any atom is 0.202 e. The quantitative estimate of drug-likeness (QED) is 0.429. The minimum atomic E-state index is -0.161. The van der Waals surface area contributed by atoms with Crippen LogP contribution in [0.25, 0.3) is 11.5 Å². The van der Waals surface area contributed by atoms with E-state index in [1.54, 1.807) is 41.2 Å². The van der Waals surface area contributed by atoms with Crippen LogP contribution in [0.4, 0.5) is 0 Å². The molecular formula is C19H13Cl2N3O3. The number of nitrogens with zero attached hydrogens (tertiary/aromatic N) is 3. The minimum Gasteiger partial charge on any atom is -0.461 e. The third-order valence-corrected chi connectivity index (χ3v) is 4.68. The molecule has 3 heterocycles. The van der Waals surface area contributed by atoms with Gasteiger partial charge in [0.1, 0.15) is 0 Å². The normalized spacial score (nSPS) is 11.0. The fraction of sp³-hybridized carbons (Fsp3) is 0.105. The van der Waals surface area contributed by atoms with Crippen LogP contribution in [0.2, 0.25) is 10.0 Å². The van der Waals surface area contributed by atoms with Crippen LogP contribution in [0.3, 0.4) is 0 Å². The van der Waals surface area contributed by atoms with E-state index in [1.807, 2.05) is 12.3 Å². The Morgan fingerprint density at radius 1 is 1.07 bits per heavy atom. The zero-order valence-electron chi connectivity index (χ0n) is 13.9. The molecular weight excluding hydrogens is 389 g/mol. The lowest BCUT2D eigenvalue weighted by molar-refractivity contribution is 0.0984. The van der Waals surface area contributed by atoms with E-state index < -0.39 is 0 Å². The maximum atomic E-state index is 12.4. The van der Waals surface area contributed by atoms with Crippen LogP contribution in [0.1, 0.15) is 21.6 Å². The van der Waals surface area contributed by atoms with Gasteiger partial charge in [0.2, 0.25) is 5.76 Å². The average Bonchev–Trinajstić information content (AvgIpc) is 3.38. The SMILES string of the molecule is O=C(Cc1cnn(Cc2ccc(Cl)c(Cl)c2)c1)c1cc(-c2ccco2)on1. The molecule has 136 valence electrons. The van der Waals surface area contributed by atoms with Crippen LogP contribution < -0.4 is 0 Å². The summed E-state index contributed by atoms with van der Waals surface area (Å²) in [6.45, 7) is 0.525. The molecule has 0 radical (unpaired) electrons. The molecule has 0 atom stereocenters. The smallest absolute Gasteiger partial charge is 0.202 e. The van der Waals surface area contributed by atoms with Crippen molar-refractivity contribution in [2.75, 3.05) is 0 Å². The van der Waals surface area contributed by atoms with Gasteiger partial charge in [0.25, 0.3) is 0 Å². The van der Waals surface area contributed by atoms with E-state index in [2.05, 4.69) is 10.3 Å². The summed E-state index contributed by atoms with van der Waals surface area (Å²) in [6.07, 6.45) is 5.17. The van der Waals surface area contributed by atoms with Crippen LogP contribution in [-0.4, -0.2) is 20.7 Å². The Morgan fingerprint density at radius 2 is 1.96 bits per heavy atom. The lowest BCUT2D eigenvalue weighted by Crippen LogP contribution is -2.03. The zero-order chi connectivity index (χ0) is 18.8. The Labute approximate surface area is 164 Å². The van der Waals surface area contributed by atoms with Gasteiger partial charge in [-0.15, -0.1) is 0 Å². The third kappa shape index (κ3) is 3.97. The van der Waals surface area contributed by atoms with Crippen molar-refractivity contribution in [1.29, 1.82) is 0 Å². The number of carbonyl (C=O) groups excluding carboxylic acids is 1. The fourth-order valence-electron chi connectivity index (χ4n) is 2.63. The van der Waals surface area contributed by atoms with Crippen LogP contribution in [-0.2, 0) is 13.0 Å². The van der Waals surface area contributed by atoms with Gasteiger partial charge in [-0.1, -0.05) is 34.4 Å². The molecule has 0 aliphatic rings. The molecule has 4 aromatic rings. The van der Waals surface area contributed by atoms with E-state index in [4.69, 9.17) is 32.1 Å². The van der Waals surface area contributed by atoms with Crippen molar-refractivity contribution in [3.63, 3.8) is 0 Å². The Morgan fingerprint density at radius 3 is 2.74 bits per heavy atom. The first-order valence-corrected chi connectivity index (χ1v) is 8.83. The molecule has 0 N–H and O–H groups in total. The first kappa shape index (κ1) is 17.6. The van der Waals surface area contributed by atoms with Gasteiger partial charge >= 0.3 is 0 Å². The van der Waals surface area contributed by atoms with E-state index in [0.29, 0.717) is 28.1 Å². The molecule has 0 bridgehead atoms. The predicted molar refractivity (Wildman–Crippen MR) is 100 cm³/mol. The number of Topliss-reactive ketones (excluding diaryl/α,β-unsaturated/α-hetero) is 1. The van der Waals surface area contributed by atoms with E-state index in [-0.39, 0.29) is 17.9 Å². The highest BCUT2D eigenvalue weighted by Gasteiger charge is 2.16. The number of furan rings is 1. The average molecular weight is 402 g/mol. The molecule has 0 saturated heterocycles. The molecule has 0 unspecified atom stereocenters. The molecule has 27 heavy (non-hydrogen) atoms. The molecule has 0 spiro atoms. The summed E-state index contributed by atoms with van der Waals surface area (Å²) in [7, 11) is 0. The number of benzene rings is 1. The fourth-order valence-corrected chi connectivity index (χ4v) is 2.95. The van der Waals surface area contributed by atoms with E-state index in [0.717, 1.165) is 11.1 Å². The van der Waals surface area contributed by atoms with Gasteiger partial charge in [0.15, 0.2) is 17.2 Å². The Kier molecular flexibility index (Phi) is 4.83. The molecule has 4 rings (SSSR count). The van der Waals surface area contributed by atoms with Crippen molar-refractivity contribution in [1.82, 2.24) is 14.9 Å². The number of carbonyl (C=O) groups is 1. The number of ketones is 1. The summed E-state index contributed by atoms with van der Waals surface area (Å²) in [5.74, 6) is 0.778. The lowest BCUT2D eigenvalue weighted by atomic mass is 10.1. The third-order valence-electron chi connectivity index (χ3n) is 3.94. The highest BCUT2D eigenvalue weighted by atomic mass is 35.5. The van der Waals surface area contributed by atoms with Gasteiger partial charge in [-0.3, -0.25) is 9.48 Å². The summed E-state index contributed by atoms with van der Waals surface area (Å²) >= 11 is 12.0. The Hall–Kier alpha value is -2.83. The van der Waals surface area contributed by atoms with Gasteiger partial charge in [0, 0.05) is 18.7 Å². The summed E-state index contributed by atoms with van der Waals surface area (Å²) in [4.78, 5) is 12.4. The van der Waals surface area contributed by atoms with Crippen LogP contribution in [0.15, 0.2) is 64.0 Å². The van der Waals surface area contributed by atoms with Crippen LogP contribution in [0, 0.1) is 0 Å². The molecule has 0 fully saturated rings. The summed E-state index contributed by atoms with van der Waals surface area (Å²) in [6, 6.07) is 10.5. The van der Waals surface area contributed by atoms with Crippen molar-refractivity contribution < 1.29 is 13.7 Å². The number of rotatable bonds is 6. The molecule has 6 nitrogen and oxygen atoms in total. The van der Waals surface area contributed by atoms with Crippen molar-refractivity contribution in [2.45, 2.75) is 13.0 Å². The largest absolute Gasteiger partial charge is 0.461 e. The summed E-state index contributed by atoms with van der Waals surface area (Å²) in [5.41, 5.74) is 1.99. The van der Waals surface area contributed by atoms with Crippen LogP contribution in [0.5, 0.6) is 0 Å². The van der Waals surface area contributed by atoms with Crippen molar-refractivity contribution in [2.24, 2.45) is 0 Å². The molecule has 0 aliphatic heterocycles. The highest BCUT2D eigenvalue weighted by Crippen LogP contribution is 2.23. The van der Waals surface area contributed by atoms with Gasteiger partial charge in [-0.25, -0.2) is 0 Å². The predicted octanol–water partition coefficient (Wildman–Crippen LogP) is 4.91. The van der Waals surface area contributed by atoms with Gasteiger partial charge in [-0.2, -0.15) is 5.10 Å². The zero-order valence-corrected chi connectivity index (χ0v) is 15.4. The number of halogens is 2. The van der Waals surface area contributed by atoms with E-state index in [1.165, 1.54) is 6.26 Å². The molecule has 8 heteroatoms. The molecule has 3 aromatic heterocycles. The van der Waals surface area contributed by atoms with Crippen molar-refractivity contribution in [3.8, 4) is 11.5 Å². The Bertz CT molecular complexity index is 1080. The van der Waals surface area contributed by atoms with Gasteiger partial charge in [-0.05, 0) is 35.4 Å². The van der Waals surface area contributed by atoms with Crippen molar-refractivity contribution >= 4 is 29.0 Å². The van der Waals surface area contributed by atoms with Crippen molar-refractivity contribution in [3.05, 3.63) is 81.9 Å². The van der Waals surface area contributed by atoms with E-state index in [9.17, 15) is 4.79 Å². The van der Waals surface area contributed by atoms with Gasteiger partial charge < -0.3 is 8.94 Å². The Balaban J connectivity index is 1.43. The summed E-state index contributed by atoms with van der Waals surface area (Å²) < 4.78 is 12.1.